The first-order valence-electron chi connectivity index (χ1n) is 8.74. The van der Waals surface area contributed by atoms with E-state index in [2.05, 4.69) is 27.7 Å². The minimum atomic E-state index is 0.942. The number of hydrogen-bond acceptors (Lipinski definition) is 0. The predicted molar refractivity (Wildman–Crippen MR) is 85.1 cm³/mol. The summed E-state index contributed by atoms with van der Waals surface area (Å²) in [4.78, 5) is 0. The van der Waals surface area contributed by atoms with E-state index < -0.39 is 0 Å². The maximum absolute atomic E-state index is 2.41. The van der Waals surface area contributed by atoms with Crippen molar-refractivity contribution < 1.29 is 0 Å². The second-order valence-corrected chi connectivity index (χ2v) is 6.30. The molecule has 0 N–H and O–H groups in total. The summed E-state index contributed by atoms with van der Waals surface area (Å²) in [5.41, 5.74) is 0. The van der Waals surface area contributed by atoms with Gasteiger partial charge < -0.3 is 0 Å². The van der Waals surface area contributed by atoms with Crippen LogP contribution in [0.1, 0.15) is 105 Å². The normalized spacial score (nSPS) is 13.2. The Kier molecular flexibility index (Phi) is 13.4. The molecule has 0 aliphatic rings. The summed E-state index contributed by atoms with van der Waals surface area (Å²) >= 11 is 0. The van der Waals surface area contributed by atoms with Crippen molar-refractivity contribution >= 4 is 0 Å². The Bertz CT molecular complexity index is 140. The Labute approximate surface area is 117 Å². The highest BCUT2D eigenvalue weighted by atomic mass is 14.1. The first kappa shape index (κ1) is 18.0. The first-order chi connectivity index (χ1) is 8.74. The average molecular weight is 255 g/mol. The minimum absolute atomic E-state index is 0.942. The standard InChI is InChI=1S/C18H38/c1-5-8-10-14-18(15-11-9-6-2)16-12-13-17(4)7-3/h17-18H,5-16H2,1-4H3. The Balaban J connectivity index is 3.73. The summed E-state index contributed by atoms with van der Waals surface area (Å²) in [6, 6.07) is 0. The summed E-state index contributed by atoms with van der Waals surface area (Å²) in [6.07, 6.45) is 17.3. The summed E-state index contributed by atoms with van der Waals surface area (Å²) in [5.74, 6) is 1.98. The van der Waals surface area contributed by atoms with Crippen molar-refractivity contribution in [1.82, 2.24) is 0 Å². The molecule has 0 saturated carbocycles. The molecule has 0 fully saturated rings. The molecule has 1 unspecified atom stereocenters. The van der Waals surface area contributed by atoms with E-state index in [9.17, 15) is 0 Å². The Hall–Kier alpha value is 0. The molecule has 0 aromatic rings. The Morgan fingerprint density at radius 2 is 1.11 bits per heavy atom. The SMILES string of the molecule is CCCCCC(CCCCC)CCCC(C)CC. The summed E-state index contributed by atoms with van der Waals surface area (Å²) < 4.78 is 0. The first-order valence-corrected chi connectivity index (χ1v) is 8.74. The van der Waals surface area contributed by atoms with Crippen molar-refractivity contribution in [3.63, 3.8) is 0 Å². The van der Waals surface area contributed by atoms with Crippen LogP contribution in [0.25, 0.3) is 0 Å². The van der Waals surface area contributed by atoms with Crippen molar-refractivity contribution in [1.29, 1.82) is 0 Å². The van der Waals surface area contributed by atoms with Gasteiger partial charge in [0.25, 0.3) is 0 Å². The topological polar surface area (TPSA) is 0 Å². The van der Waals surface area contributed by atoms with E-state index in [0.29, 0.717) is 0 Å². The van der Waals surface area contributed by atoms with E-state index in [-0.39, 0.29) is 0 Å². The van der Waals surface area contributed by atoms with Gasteiger partial charge in [-0.05, 0) is 11.8 Å². The van der Waals surface area contributed by atoms with E-state index in [1.54, 1.807) is 0 Å². The van der Waals surface area contributed by atoms with Gasteiger partial charge in [0.15, 0.2) is 0 Å². The summed E-state index contributed by atoms with van der Waals surface area (Å²) in [6.45, 7) is 9.36. The average Bonchev–Trinajstić information content (AvgIpc) is 2.38. The van der Waals surface area contributed by atoms with Crippen LogP contribution < -0.4 is 0 Å². The third-order valence-corrected chi connectivity index (χ3v) is 4.44. The molecular formula is C18H38. The van der Waals surface area contributed by atoms with E-state index in [0.717, 1.165) is 11.8 Å². The molecule has 0 nitrogen and oxygen atoms in total. The van der Waals surface area contributed by atoms with Gasteiger partial charge >= 0.3 is 0 Å². The second-order valence-electron chi connectivity index (χ2n) is 6.30. The lowest BCUT2D eigenvalue weighted by molar-refractivity contribution is 0.356. The van der Waals surface area contributed by atoms with Crippen LogP contribution in [-0.4, -0.2) is 0 Å². The lowest BCUT2D eigenvalue weighted by Gasteiger charge is -2.17. The van der Waals surface area contributed by atoms with Crippen LogP contribution in [0.2, 0.25) is 0 Å². The zero-order valence-electron chi connectivity index (χ0n) is 13.6. The molecule has 0 spiro atoms. The third-order valence-electron chi connectivity index (χ3n) is 4.44. The fourth-order valence-corrected chi connectivity index (χ4v) is 2.76. The molecule has 0 bridgehead atoms. The molecule has 0 saturated heterocycles. The maximum atomic E-state index is 2.41. The number of unbranched alkanes of at least 4 members (excludes halogenated alkanes) is 4. The lowest BCUT2D eigenvalue weighted by atomic mass is 9.89. The molecule has 0 aromatic carbocycles. The Morgan fingerprint density at radius 3 is 1.56 bits per heavy atom. The molecule has 0 heterocycles. The van der Waals surface area contributed by atoms with Gasteiger partial charge in [0, 0.05) is 0 Å². The van der Waals surface area contributed by atoms with Crippen molar-refractivity contribution in [2.45, 2.75) is 105 Å². The van der Waals surface area contributed by atoms with Crippen molar-refractivity contribution in [3.8, 4) is 0 Å². The number of hydrogen-bond donors (Lipinski definition) is 0. The van der Waals surface area contributed by atoms with Crippen molar-refractivity contribution in [2.24, 2.45) is 11.8 Å². The molecule has 0 aliphatic heterocycles. The highest BCUT2D eigenvalue weighted by molar-refractivity contribution is 4.62. The van der Waals surface area contributed by atoms with E-state index in [1.165, 1.54) is 77.0 Å². The van der Waals surface area contributed by atoms with Crippen LogP contribution in [0.3, 0.4) is 0 Å². The molecule has 0 rings (SSSR count). The van der Waals surface area contributed by atoms with Crippen LogP contribution in [0.4, 0.5) is 0 Å². The predicted octanol–water partition coefficient (Wildman–Crippen LogP) is 6.98. The molecular weight excluding hydrogens is 216 g/mol. The Morgan fingerprint density at radius 1 is 0.611 bits per heavy atom. The third kappa shape index (κ3) is 11.1. The number of rotatable bonds is 13. The maximum Gasteiger partial charge on any atom is -0.0414 e. The highest BCUT2D eigenvalue weighted by Crippen LogP contribution is 2.24. The van der Waals surface area contributed by atoms with E-state index in [1.807, 2.05) is 0 Å². The molecule has 110 valence electrons. The van der Waals surface area contributed by atoms with Gasteiger partial charge in [-0.15, -0.1) is 0 Å². The molecule has 0 aliphatic carbocycles. The minimum Gasteiger partial charge on any atom is -0.0654 e. The summed E-state index contributed by atoms with van der Waals surface area (Å²) in [5, 5.41) is 0. The zero-order valence-corrected chi connectivity index (χ0v) is 13.6. The van der Waals surface area contributed by atoms with Gasteiger partial charge in [-0.1, -0.05) is 105 Å². The van der Waals surface area contributed by atoms with Gasteiger partial charge in [-0.2, -0.15) is 0 Å². The van der Waals surface area contributed by atoms with Gasteiger partial charge in [-0.25, -0.2) is 0 Å². The molecule has 0 radical (unpaired) electrons. The largest absolute Gasteiger partial charge is 0.0654 e. The fourth-order valence-electron chi connectivity index (χ4n) is 2.76. The van der Waals surface area contributed by atoms with Gasteiger partial charge in [0.2, 0.25) is 0 Å². The molecule has 18 heavy (non-hydrogen) atoms. The van der Waals surface area contributed by atoms with Gasteiger partial charge in [0.05, 0.1) is 0 Å². The van der Waals surface area contributed by atoms with Crippen molar-refractivity contribution in [3.05, 3.63) is 0 Å². The van der Waals surface area contributed by atoms with Crippen LogP contribution in [0, 0.1) is 11.8 Å². The van der Waals surface area contributed by atoms with Gasteiger partial charge in [0.1, 0.15) is 0 Å². The van der Waals surface area contributed by atoms with Crippen LogP contribution in [0.15, 0.2) is 0 Å². The van der Waals surface area contributed by atoms with Crippen LogP contribution in [-0.2, 0) is 0 Å². The summed E-state index contributed by atoms with van der Waals surface area (Å²) in [7, 11) is 0. The quantitative estimate of drug-likeness (QED) is 0.311. The molecule has 0 heteroatoms. The fraction of sp³-hybridized carbons (Fsp3) is 1.00. The lowest BCUT2D eigenvalue weighted by Crippen LogP contribution is -2.03. The van der Waals surface area contributed by atoms with Crippen molar-refractivity contribution in [2.75, 3.05) is 0 Å². The molecule has 1 atom stereocenters. The highest BCUT2D eigenvalue weighted by Gasteiger charge is 2.09. The van der Waals surface area contributed by atoms with Crippen LogP contribution >= 0.6 is 0 Å². The van der Waals surface area contributed by atoms with Gasteiger partial charge in [-0.3, -0.25) is 0 Å². The monoisotopic (exact) mass is 254 g/mol. The molecule has 0 amide bonds. The van der Waals surface area contributed by atoms with E-state index in [4.69, 9.17) is 0 Å². The smallest absolute Gasteiger partial charge is 0.0414 e. The van der Waals surface area contributed by atoms with E-state index >= 15 is 0 Å². The molecule has 0 aromatic heterocycles. The zero-order chi connectivity index (χ0) is 13.6. The second kappa shape index (κ2) is 13.4. The van der Waals surface area contributed by atoms with Crippen LogP contribution in [0.5, 0.6) is 0 Å².